The van der Waals surface area contributed by atoms with Crippen LogP contribution in [0.15, 0.2) is 18.2 Å². The van der Waals surface area contributed by atoms with Gasteiger partial charge in [-0.25, -0.2) is 0 Å². The highest BCUT2D eigenvalue weighted by Crippen LogP contribution is 2.34. The van der Waals surface area contributed by atoms with Crippen LogP contribution in [0.2, 0.25) is 0 Å². The van der Waals surface area contributed by atoms with Gasteiger partial charge in [0.15, 0.2) is 0 Å². The Morgan fingerprint density at radius 2 is 2.31 bits per heavy atom. The Morgan fingerprint density at radius 3 is 3.06 bits per heavy atom. The average Bonchev–Trinajstić information content (AvgIpc) is 2.28. The fourth-order valence-corrected chi connectivity index (χ4v) is 2.22. The van der Waals surface area contributed by atoms with E-state index in [0.29, 0.717) is 6.61 Å². The standard InChI is InChI=1S/C13H19NO2/c1-13(14,9-15-2)11-7-3-5-10-6-4-8-16-12(10)11/h3,5,7H,4,6,8-9,14H2,1-2H3. The normalized spacial score (nSPS) is 18.4. The number of fused-ring (bicyclic) bond motifs is 1. The van der Waals surface area contributed by atoms with E-state index in [1.807, 2.05) is 19.1 Å². The van der Waals surface area contributed by atoms with Gasteiger partial charge in [-0.05, 0) is 25.3 Å². The predicted octanol–water partition coefficient (Wildman–Crippen LogP) is 1.83. The van der Waals surface area contributed by atoms with Crippen LogP contribution >= 0.6 is 0 Å². The molecule has 1 atom stereocenters. The van der Waals surface area contributed by atoms with Gasteiger partial charge in [0.2, 0.25) is 0 Å². The summed E-state index contributed by atoms with van der Waals surface area (Å²) in [5.74, 6) is 0.968. The maximum absolute atomic E-state index is 6.27. The smallest absolute Gasteiger partial charge is 0.127 e. The summed E-state index contributed by atoms with van der Waals surface area (Å²) < 4.78 is 10.9. The molecule has 1 unspecified atom stereocenters. The average molecular weight is 221 g/mol. The number of hydrogen-bond acceptors (Lipinski definition) is 3. The van der Waals surface area contributed by atoms with Gasteiger partial charge in [0, 0.05) is 12.7 Å². The molecule has 2 N–H and O–H groups in total. The second kappa shape index (κ2) is 4.44. The first-order valence-electron chi connectivity index (χ1n) is 5.68. The molecule has 2 rings (SSSR count). The largest absolute Gasteiger partial charge is 0.493 e. The zero-order valence-electron chi connectivity index (χ0n) is 9.95. The predicted molar refractivity (Wildman–Crippen MR) is 63.7 cm³/mol. The van der Waals surface area contributed by atoms with Crippen molar-refractivity contribution in [2.24, 2.45) is 5.73 Å². The van der Waals surface area contributed by atoms with Crippen molar-refractivity contribution in [1.82, 2.24) is 0 Å². The van der Waals surface area contributed by atoms with Gasteiger partial charge in [0.25, 0.3) is 0 Å². The van der Waals surface area contributed by atoms with Crippen molar-refractivity contribution in [3.63, 3.8) is 0 Å². The molecule has 0 aromatic heterocycles. The van der Waals surface area contributed by atoms with Crippen LogP contribution in [0.4, 0.5) is 0 Å². The van der Waals surface area contributed by atoms with E-state index >= 15 is 0 Å². The van der Waals surface area contributed by atoms with Crippen LogP contribution in [0.1, 0.15) is 24.5 Å². The van der Waals surface area contributed by atoms with Gasteiger partial charge in [-0.2, -0.15) is 0 Å². The van der Waals surface area contributed by atoms with Crippen LogP contribution < -0.4 is 10.5 Å². The molecule has 0 radical (unpaired) electrons. The van der Waals surface area contributed by atoms with Crippen molar-refractivity contribution in [3.8, 4) is 5.75 Å². The molecule has 1 aliphatic heterocycles. The number of rotatable bonds is 3. The van der Waals surface area contributed by atoms with Crippen molar-refractivity contribution in [2.45, 2.75) is 25.3 Å². The first-order chi connectivity index (χ1) is 7.65. The van der Waals surface area contributed by atoms with Gasteiger partial charge in [0.05, 0.1) is 18.8 Å². The molecule has 3 heteroatoms. The molecule has 0 saturated heterocycles. The number of benzene rings is 1. The number of ether oxygens (including phenoxy) is 2. The molecule has 1 aromatic rings. The van der Waals surface area contributed by atoms with Gasteiger partial charge in [0.1, 0.15) is 5.75 Å². The molecule has 3 nitrogen and oxygen atoms in total. The third-order valence-corrected chi connectivity index (χ3v) is 2.99. The molecule has 1 heterocycles. The summed E-state index contributed by atoms with van der Waals surface area (Å²) in [4.78, 5) is 0. The molecular formula is C13H19NO2. The quantitative estimate of drug-likeness (QED) is 0.847. The summed E-state index contributed by atoms with van der Waals surface area (Å²) in [5.41, 5.74) is 8.09. The monoisotopic (exact) mass is 221 g/mol. The Kier molecular flexibility index (Phi) is 3.17. The minimum absolute atomic E-state index is 0.489. The Labute approximate surface area is 96.5 Å². The highest BCUT2D eigenvalue weighted by Gasteiger charge is 2.27. The highest BCUT2D eigenvalue weighted by atomic mass is 16.5. The van der Waals surface area contributed by atoms with E-state index in [1.54, 1.807) is 7.11 Å². The van der Waals surface area contributed by atoms with E-state index in [2.05, 4.69) is 6.07 Å². The summed E-state index contributed by atoms with van der Waals surface area (Å²) in [7, 11) is 1.67. The molecule has 16 heavy (non-hydrogen) atoms. The van der Waals surface area contributed by atoms with Gasteiger partial charge in [-0.1, -0.05) is 18.2 Å². The fraction of sp³-hybridized carbons (Fsp3) is 0.538. The summed E-state index contributed by atoms with van der Waals surface area (Å²) >= 11 is 0. The molecule has 0 spiro atoms. The third-order valence-electron chi connectivity index (χ3n) is 2.99. The zero-order valence-corrected chi connectivity index (χ0v) is 9.95. The molecule has 1 aromatic carbocycles. The van der Waals surface area contributed by atoms with Crippen molar-refractivity contribution >= 4 is 0 Å². The molecule has 1 aliphatic rings. The molecule has 88 valence electrons. The Bertz CT molecular complexity index is 374. The van der Waals surface area contributed by atoms with E-state index < -0.39 is 5.54 Å². The Morgan fingerprint density at radius 1 is 1.50 bits per heavy atom. The summed E-state index contributed by atoms with van der Waals surface area (Å²) in [6.07, 6.45) is 2.16. The van der Waals surface area contributed by atoms with E-state index in [-0.39, 0.29) is 0 Å². The van der Waals surface area contributed by atoms with Crippen LogP contribution in [0.25, 0.3) is 0 Å². The van der Waals surface area contributed by atoms with E-state index in [0.717, 1.165) is 30.8 Å². The highest BCUT2D eigenvalue weighted by molar-refractivity contribution is 5.46. The fourth-order valence-electron chi connectivity index (χ4n) is 2.22. The minimum Gasteiger partial charge on any atom is -0.493 e. The van der Waals surface area contributed by atoms with Crippen molar-refractivity contribution in [2.75, 3.05) is 20.3 Å². The molecular weight excluding hydrogens is 202 g/mol. The van der Waals surface area contributed by atoms with Crippen molar-refractivity contribution < 1.29 is 9.47 Å². The zero-order chi connectivity index (χ0) is 11.6. The van der Waals surface area contributed by atoms with Crippen LogP contribution in [-0.4, -0.2) is 20.3 Å². The number of aryl methyl sites for hydroxylation is 1. The van der Waals surface area contributed by atoms with Crippen LogP contribution in [0.3, 0.4) is 0 Å². The lowest BCUT2D eigenvalue weighted by Gasteiger charge is -2.29. The molecule has 0 saturated carbocycles. The Balaban J connectivity index is 2.40. The van der Waals surface area contributed by atoms with Gasteiger partial charge >= 0.3 is 0 Å². The molecule has 0 bridgehead atoms. The third kappa shape index (κ3) is 2.06. The summed E-state index contributed by atoms with van der Waals surface area (Å²) in [5, 5.41) is 0. The summed E-state index contributed by atoms with van der Waals surface area (Å²) in [6.45, 7) is 3.25. The van der Waals surface area contributed by atoms with Crippen molar-refractivity contribution in [3.05, 3.63) is 29.3 Å². The number of methoxy groups -OCH3 is 1. The minimum atomic E-state index is -0.489. The van der Waals surface area contributed by atoms with E-state index in [1.165, 1.54) is 5.56 Å². The maximum atomic E-state index is 6.27. The lowest BCUT2D eigenvalue weighted by molar-refractivity contribution is 0.138. The van der Waals surface area contributed by atoms with Gasteiger partial charge < -0.3 is 15.2 Å². The molecule has 0 fully saturated rings. The SMILES string of the molecule is COCC(C)(N)c1cccc2c1OCCC2. The molecule has 0 aliphatic carbocycles. The number of hydrogen-bond donors (Lipinski definition) is 1. The lowest BCUT2D eigenvalue weighted by Crippen LogP contribution is -2.38. The molecule has 0 amide bonds. The Hall–Kier alpha value is -1.06. The lowest BCUT2D eigenvalue weighted by atomic mass is 9.90. The van der Waals surface area contributed by atoms with Gasteiger partial charge in [-0.15, -0.1) is 0 Å². The van der Waals surface area contributed by atoms with Crippen molar-refractivity contribution in [1.29, 1.82) is 0 Å². The second-order valence-electron chi connectivity index (χ2n) is 4.60. The number of nitrogens with two attached hydrogens (primary N) is 1. The first-order valence-corrected chi connectivity index (χ1v) is 5.68. The van der Waals surface area contributed by atoms with E-state index in [4.69, 9.17) is 15.2 Å². The van der Waals surface area contributed by atoms with Crippen LogP contribution in [-0.2, 0) is 16.7 Å². The number of para-hydroxylation sites is 1. The van der Waals surface area contributed by atoms with E-state index in [9.17, 15) is 0 Å². The first kappa shape index (κ1) is 11.4. The maximum Gasteiger partial charge on any atom is 0.127 e. The van der Waals surface area contributed by atoms with Crippen LogP contribution in [0.5, 0.6) is 5.75 Å². The summed E-state index contributed by atoms with van der Waals surface area (Å²) in [6, 6.07) is 6.19. The second-order valence-corrected chi connectivity index (χ2v) is 4.60. The van der Waals surface area contributed by atoms with Gasteiger partial charge in [-0.3, -0.25) is 0 Å². The topological polar surface area (TPSA) is 44.5 Å². The van der Waals surface area contributed by atoms with Crippen LogP contribution in [0, 0.1) is 0 Å².